The summed E-state index contributed by atoms with van der Waals surface area (Å²) in [6.45, 7) is 3.55. The fraction of sp³-hybridized carbons (Fsp3) is 0.500. The monoisotopic (exact) mass is 364 g/mol. The number of nitrogens with zero attached hydrogens (tertiary/aromatic N) is 2. The molecule has 0 aromatic heterocycles. The van der Waals surface area contributed by atoms with E-state index in [-0.39, 0.29) is 48.1 Å². The van der Waals surface area contributed by atoms with Crippen molar-refractivity contribution < 1.29 is 14.4 Å². The summed E-state index contributed by atoms with van der Waals surface area (Å²) in [5.74, 6) is 0.823. The zero-order chi connectivity index (χ0) is 18.9. The van der Waals surface area contributed by atoms with Crippen LogP contribution in [0, 0.1) is 35.5 Å². The maximum absolute atomic E-state index is 13.2. The van der Waals surface area contributed by atoms with E-state index in [0.29, 0.717) is 11.8 Å². The molecule has 0 N–H and O–H groups in total. The van der Waals surface area contributed by atoms with Crippen molar-refractivity contribution in [3.8, 4) is 0 Å². The number of likely N-dealkylation sites (tertiary alicyclic amines) is 1. The molecule has 5 nitrogen and oxygen atoms in total. The molecule has 1 aromatic rings. The lowest BCUT2D eigenvalue weighted by atomic mass is 9.63. The van der Waals surface area contributed by atoms with Crippen molar-refractivity contribution in [2.24, 2.45) is 35.5 Å². The fourth-order valence-electron chi connectivity index (χ4n) is 5.72. The number of imide groups is 1. The average molecular weight is 364 g/mol. The minimum absolute atomic E-state index is 0.0196. The lowest BCUT2D eigenvalue weighted by Crippen LogP contribution is -2.44. The number of hydrogen-bond acceptors (Lipinski definition) is 3. The number of carbonyl (C=O) groups is 3. The quantitative estimate of drug-likeness (QED) is 0.610. The van der Waals surface area contributed by atoms with Gasteiger partial charge in [-0.05, 0) is 48.1 Å². The van der Waals surface area contributed by atoms with E-state index in [1.165, 1.54) is 11.8 Å². The van der Waals surface area contributed by atoms with Crippen LogP contribution in [-0.2, 0) is 20.8 Å². The summed E-state index contributed by atoms with van der Waals surface area (Å²) in [5, 5.41) is 0. The molecule has 1 aliphatic heterocycles. The fourth-order valence-corrected chi connectivity index (χ4v) is 5.72. The number of anilines is 1. The van der Waals surface area contributed by atoms with Crippen LogP contribution >= 0.6 is 0 Å². The van der Waals surface area contributed by atoms with Crippen molar-refractivity contribution in [1.29, 1.82) is 0 Å². The van der Waals surface area contributed by atoms with Crippen LogP contribution in [0.4, 0.5) is 5.69 Å². The summed E-state index contributed by atoms with van der Waals surface area (Å²) < 4.78 is 0. The van der Waals surface area contributed by atoms with Gasteiger partial charge in [0.05, 0.1) is 11.8 Å². The van der Waals surface area contributed by atoms with Gasteiger partial charge >= 0.3 is 0 Å². The van der Waals surface area contributed by atoms with Gasteiger partial charge in [0.25, 0.3) is 0 Å². The van der Waals surface area contributed by atoms with Gasteiger partial charge in [0.15, 0.2) is 0 Å². The Morgan fingerprint density at radius 3 is 2.22 bits per heavy atom. The van der Waals surface area contributed by atoms with Gasteiger partial charge in [0.2, 0.25) is 17.7 Å². The standard InChI is InChI=1S/C22H24N2O3/c1-3-13-6-4-5-7-18(13)23(12(2)25)11-24-21(26)19-14-8-9-15(17-10-16(14)17)20(19)22(24)27/h4-9,14-17,19-20H,3,10-11H2,1-2H3/t14-,15-,16-,17+,19-,20+/m0/s1. The van der Waals surface area contributed by atoms with Gasteiger partial charge in [-0.25, -0.2) is 0 Å². The van der Waals surface area contributed by atoms with Crippen molar-refractivity contribution in [1.82, 2.24) is 4.90 Å². The van der Waals surface area contributed by atoms with Gasteiger partial charge in [-0.2, -0.15) is 0 Å². The predicted molar refractivity (Wildman–Crippen MR) is 100 cm³/mol. The first-order chi connectivity index (χ1) is 13.0. The molecule has 0 spiro atoms. The molecule has 5 heteroatoms. The molecule has 1 aromatic carbocycles. The van der Waals surface area contributed by atoms with Crippen LogP contribution in [-0.4, -0.2) is 29.3 Å². The van der Waals surface area contributed by atoms with E-state index >= 15 is 0 Å². The smallest absolute Gasteiger partial charge is 0.235 e. The van der Waals surface area contributed by atoms with Crippen LogP contribution in [0.3, 0.4) is 0 Å². The van der Waals surface area contributed by atoms with Crippen LogP contribution < -0.4 is 4.90 Å². The van der Waals surface area contributed by atoms with E-state index in [9.17, 15) is 14.4 Å². The molecule has 3 amide bonds. The van der Waals surface area contributed by atoms with Crippen molar-refractivity contribution >= 4 is 23.4 Å². The molecule has 1 heterocycles. The van der Waals surface area contributed by atoms with E-state index in [0.717, 1.165) is 24.1 Å². The summed E-state index contributed by atoms with van der Waals surface area (Å²) in [4.78, 5) is 41.7. The van der Waals surface area contributed by atoms with Crippen molar-refractivity contribution in [3.63, 3.8) is 0 Å². The molecule has 2 bridgehead atoms. The first kappa shape index (κ1) is 16.7. The molecule has 5 aliphatic rings. The number of amides is 3. The van der Waals surface area contributed by atoms with E-state index < -0.39 is 0 Å². The molecule has 1 saturated heterocycles. The number of benzene rings is 1. The second kappa shape index (κ2) is 5.78. The first-order valence-electron chi connectivity index (χ1n) is 9.92. The number of aryl methyl sites for hydroxylation is 1. The van der Waals surface area contributed by atoms with Crippen LogP contribution in [0.25, 0.3) is 0 Å². The molecule has 6 atom stereocenters. The number of allylic oxidation sites excluding steroid dienone is 2. The van der Waals surface area contributed by atoms with E-state index in [1.54, 1.807) is 4.90 Å². The normalized spacial score (nSPS) is 35.3. The highest BCUT2D eigenvalue weighted by atomic mass is 16.2. The Hall–Kier alpha value is -2.43. The third kappa shape index (κ3) is 2.27. The predicted octanol–water partition coefficient (Wildman–Crippen LogP) is 2.61. The van der Waals surface area contributed by atoms with Crippen molar-refractivity contribution in [2.75, 3.05) is 11.6 Å². The van der Waals surface area contributed by atoms with E-state index in [1.807, 2.05) is 31.2 Å². The maximum atomic E-state index is 13.2. The third-order valence-corrected chi connectivity index (χ3v) is 7.08. The van der Waals surface area contributed by atoms with E-state index in [4.69, 9.17) is 0 Å². The Bertz CT molecular complexity index is 840. The molecular formula is C22H24N2O3. The minimum atomic E-state index is -0.216. The number of para-hydroxylation sites is 1. The van der Waals surface area contributed by atoms with Gasteiger partial charge in [-0.1, -0.05) is 37.3 Å². The zero-order valence-corrected chi connectivity index (χ0v) is 15.7. The highest BCUT2D eigenvalue weighted by molar-refractivity contribution is 6.07. The summed E-state index contributed by atoms with van der Waals surface area (Å²) in [6, 6.07) is 7.70. The number of carbonyl (C=O) groups excluding carboxylic acids is 3. The van der Waals surface area contributed by atoms with Crippen LogP contribution in [0.1, 0.15) is 25.8 Å². The largest absolute Gasteiger partial charge is 0.294 e. The summed E-state index contributed by atoms with van der Waals surface area (Å²) >= 11 is 0. The Kier molecular flexibility index (Phi) is 3.58. The number of rotatable bonds is 4. The lowest BCUT2D eigenvalue weighted by Gasteiger charge is -2.37. The molecule has 0 radical (unpaired) electrons. The Morgan fingerprint density at radius 2 is 1.67 bits per heavy atom. The molecule has 3 fully saturated rings. The van der Waals surface area contributed by atoms with Gasteiger partial charge in [-0.15, -0.1) is 0 Å². The Morgan fingerprint density at radius 1 is 1.07 bits per heavy atom. The third-order valence-electron chi connectivity index (χ3n) is 7.08. The van der Waals surface area contributed by atoms with E-state index in [2.05, 4.69) is 12.2 Å². The second-order valence-corrected chi connectivity index (χ2v) is 8.33. The molecule has 0 unspecified atom stereocenters. The van der Waals surface area contributed by atoms with Crippen molar-refractivity contribution in [2.45, 2.75) is 26.7 Å². The second-order valence-electron chi connectivity index (χ2n) is 8.33. The van der Waals surface area contributed by atoms with Crippen LogP contribution in [0.5, 0.6) is 0 Å². The molecule has 27 heavy (non-hydrogen) atoms. The van der Waals surface area contributed by atoms with Crippen LogP contribution in [0.2, 0.25) is 0 Å². The SMILES string of the molecule is CCc1ccccc1N(CN1C(=O)[C@@H]2[C@H]3C=C[C@@H]([C@@H]4C[C@H]34)[C@@H]2C1=O)C(C)=O. The highest BCUT2D eigenvalue weighted by Crippen LogP contribution is 2.65. The molecule has 140 valence electrons. The first-order valence-corrected chi connectivity index (χ1v) is 9.92. The van der Waals surface area contributed by atoms with Crippen LogP contribution in [0.15, 0.2) is 36.4 Å². The molecular weight excluding hydrogens is 340 g/mol. The summed E-state index contributed by atoms with van der Waals surface area (Å²) in [6.07, 6.45) is 6.28. The molecule has 4 aliphatic carbocycles. The lowest BCUT2D eigenvalue weighted by molar-refractivity contribution is -0.140. The zero-order valence-electron chi connectivity index (χ0n) is 15.7. The minimum Gasteiger partial charge on any atom is -0.294 e. The van der Waals surface area contributed by atoms with Gasteiger partial charge in [-0.3, -0.25) is 24.2 Å². The van der Waals surface area contributed by atoms with Crippen molar-refractivity contribution in [3.05, 3.63) is 42.0 Å². The summed E-state index contributed by atoms with van der Waals surface area (Å²) in [7, 11) is 0. The van der Waals surface area contributed by atoms with Gasteiger partial charge in [0.1, 0.15) is 6.67 Å². The molecule has 6 rings (SSSR count). The topological polar surface area (TPSA) is 57.7 Å². The maximum Gasteiger partial charge on any atom is 0.235 e. The average Bonchev–Trinajstić information content (AvgIpc) is 3.45. The number of hydrogen-bond donors (Lipinski definition) is 0. The Labute approximate surface area is 159 Å². The highest BCUT2D eigenvalue weighted by Gasteiger charge is 2.67. The summed E-state index contributed by atoms with van der Waals surface area (Å²) in [5.41, 5.74) is 1.82. The van der Waals surface area contributed by atoms with Gasteiger partial charge < -0.3 is 0 Å². The Balaban J connectivity index is 1.46. The van der Waals surface area contributed by atoms with Gasteiger partial charge in [0, 0.05) is 12.6 Å². The molecule has 2 saturated carbocycles.